The van der Waals surface area contributed by atoms with Gasteiger partial charge in [-0.05, 0) is 18.2 Å². The SMILES string of the molecule is CNC(=O)c1cc(S(=O)(=O)NC[C@H](c2ccccn2)N2CCOCC2)cs1. The molecule has 1 atom stereocenters. The van der Waals surface area contributed by atoms with Crippen molar-refractivity contribution in [3.8, 4) is 0 Å². The molecule has 3 rings (SSSR count). The van der Waals surface area contributed by atoms with E-state index in [1.807, 2.05) is 18.2 Å². The number of amides is 1. The molecule has 10 heteroatoms. The van der Waals surface area contributed by atoms with Crippen LogP contribution in [-0.2, 0) is 14.8 Å². The van der Waals surface area contributed by atoms with Crippen molar-refractivity contribution in [3.05, 3.63) is 46.4 Å². The third kappa shape index (κ3) is 4.90. The number of pyridine rings is 1. The Kier molecular flexibility index (Phi) is 6.55. The molecule has 1 amide bonds. The van der Waals surface area contributed by atoms with E-state index >= 15 is 0 Å². The number of carbonyl (C=O) groups excluding carboxylic acids is 1. The van der Waals surface area contributed by atoms with Crippen LogP contribution >= 0.6 is 11.3 Å². The Bertz CT molecular complexity index is 864. The maximum Gasteiger partial charge on any atom is 0.261 e. The molecule has 0 saturated carbocycles. The highest BCUT2D eigenvalue weighted by atomic mass is 32.2. The van der Waals surface area contributed by atoms with Crippen LogP contribution in [0, 0.1) is 0 Å². The van der Waals surface area contributed by atoms with E-state index in [9.17, 15) is 13.2 Å². The smallest absolute Gasteiger partial charge is 0.261 e. The minimum Gasteiger partial charge on any atom is -0.379 e. The molecule has 0 bridgehead atoms. The molecule has 2 aromatic rings. The van der Waals surface area contributed by atoms with Crippen molar-refractivity contribution >= 4 is 27.3 Å². The third-order valence-corrected chi connectivity index (χ3v) is 6.80. The Morgan fingerprint density at radius 3 is 2.81 bits per heavy atom. The van der Waals surface area contributed by atoms with Crippen LogP contribution in [0.15, 0.2) is 40.7 Å². The molecular weight excluding hydrogens is 388 g/mol. The second-order valence-corrected chi connectivity index (χ2v) is 8.67. The van der Waals surface area contributed by atoms with Crippen molar-refractivity contribution in [2.24, 2.45) is 0 Å². The Balaban J connectivity index is 1.75. The van der Waals surface area contributed by atoms with E-state index in [0.717, 1.165) is 17.0 Å². The standard InChI is InChI=1S/C17H22N4O4S2/c1-18-17(22)16-10-13(12-26-16)27(23,24)20-11-15(14-4-2-3-5-19-14)21-6-8-25-9-7-21/h2-5,10,12,15,20H,6-9,11H2,1H3,(H,18,22)/t15-/m1/s1. The van der Waals surface area contributed by atoms with Gasteiger partial charge in [-0.15, -0.1) is 11.3 Å². The summed E-state index contributed by atoms with van der Waals surface area (Å²) in [6.07, 6.45) is 1.70. The van der Waals surface area contributed by atoms with Crippen molar-refractivity contribution in [1.29, 1.82) is 0 Å². The van der Waals surface area contributed by atoms with E-state index in [0.29, 0.717) is 31.2 Å². The number of aromatic nitrogens is 1. The topological polar surface area (TPSA) is 101 Å². The van der Waals surface area contributed by atoms with Gasteiger partial charge in [-0.2, -0.15) is 0 Å². The summed E-state index contributed by atoms with van der Waals surface area (Å²) in [7, 11) is -2.22. The van der Waals surface area contributed by atoms with Gasteiger partial charge in [-0.25, -0.2) is 13.1 Å². The van der Waals surface area contributed by atoms with Gasteiger partial charge in [0.25, 0.3) is 5.91 Å². The maximum absolute atomic E-state index is 12.7. The molecule has 0 spiro atoms. The monoisotopic (exact) mass is 410 g/mol. The van der Waals surface area contributed by atoms with Gasteiger partial charge in [-0.1, -0.05) is 6.07 Å². The van der Waals surface area contributed by atoms with E-state index in [4.69, 9.17) is 4.74 Å². The van der Waals surface area contributed by atoms with E-state index in [1.54, 1.807) is 6.20 Å². The number of rotatable bonds is 7. The molecular formula is C17H22N4O4S2. The van der Waals surface area contributed by atoms with E-state index < -0.39 is 10.0 Å². The summed E-state index contributed by atoms with van der Waals surface area (Å²) in [5.74, 6) is -0.305. The van der Waals surface area contributed by atoms with Gasteiger partial charge in [0.15, 0.2) is 0 Å². The molecule has 0 unspecified atom stereocenters. The van der Waals surface area contributed by atoms with Gasteiger partial charge in [0, 0.05) is 38.3 Å². The third-order valence-electron chi connectivity index (χ3n) is 4.32. The molecule has 1 fully saturated rings. The molecule has 8 nitrogen and oxygen atoms in total. The first-order valence-electron chi connectivity index (χ1n) is 8.54. The first-order chi connectivity index (χ1) is 13.0. The van der Waals surface area contributed by atoms with Crippen molar-refractivity contribution < 1.29 is 17.9 Å². The molecule has 2 N–H and O–H groups in total. The summed E-state index contributed by atoms with van der Waals surface area (Å²) in [5, 5.41) is 3.96. The van der Waals surface area contributed by atoms with Crippen LogP contribution < -0.4 is 10.0 Å². The van der Waals surface area contributed by atoms with Crippen molar-refractivity contribution in [2.45, 2.75) is 10.9 Å². The molecule has 1 aliphatic rings. The molecule has 27 heavy (non-hydrogen) atoms. The first-order valence-corrected chi connectivity index (χ1v) is 10.9. The lowest BCUT2D eigenvalue weighted by molar-refractivity contribution is 0.0163. The van der Waals surface area contributed by atoms with Gasteiger partial charge >= 0.3 is 0 Å². The van der Waals surface area contributed by atoms with Gasteiger partial charge in [-0.3, -0.25) is 14.7 Å². The zero-order valence-corrected chi connectivity index (χ0v) is 16.6. The number of sulfonamides is 1. The van der Waals surface area contributed by atoms with Crippen LogP contribution in [0.1, 0.15) is 21.4 Å². The zero-order chi connectivity index (χ0) is 19.3. The quantitative estimate of drug-likeness (QED) is 0.702. The van der Waals surface area contributed by atoms with Crippen LogP contribution in [0.25, 0.3) is 0 Å². The summed E-state index contributed by atoms with van der Waals surface area (Å²) < 4.78 is 33.4. The zero-order valence-electron chi connectivity index (χ0n) is 14.9. The summed E-state index contributed by atoms with van der Waals surface area (Å²) >= 11 is 1.10. The second-order valence-electron chi connectivity index (χ2n) is 6.00. The predicted octanol–water partition coefficient (Wildman–Crippen LogP) is 0.854. The first kappa shape index (κ1) is 19.9. The molecule has 0 aliphatic carbocycles. The van der Waals surface area contributed by atoms with Crippen LogP contribution in [0.3, 0.4) is 0 Å². The van der Waals surface area contributed by atoms with Gasteiger partial charge in [0.2, 0.25) is 10.0 Å². The summed E-state index contributed by atoms with van der Waals surface area (Å²) in [4.78, 5) is 18.7. The summed E-state index contributed by atoms with van der Waals surface area (Å²) in [5.41, 5.74) is 0.804. The minimum atomic E-state index is -3.73. The van der Waals surface area contributed by atoms with E-state index in [2.05, 4.69) is 19.9 Å². The molecule has 1 saturated heterocycles. The Morgan fingerprint density at radius 2 is 2.15 bits per heavy atom. The van der Waals surface area contributed by atoms with Crippen LogP contribution in [-0.4, -0.2) is 64.1 Å². The maximum atomic E-state index is 12.7. The summed E-state index contributed by atoms with van der Waals surface area (Å²) in [6.45, 7) is 2.82. The largest absolute Gasteiger partial charge is 0.379 e. The highest BCUT2D eigenvalue weighted by molar-refractivity contribution is 7.89. The average Bonchev–Trinajstić information content (AvgIpc) is 3.20. The molecule has 0 radical (unpaired) electrons. The average molecular weight is 411 g/mol. The minimum absolute atomic E-state index is 0.0906. The van der Waals surface area contributed by atoms with Crippen molar-refractivity contribution in [3.63, 3.8) is 0 Å². The van der Waals surface area contributed by atoms with Gasteiger partial charge in [0.1, 0.15) is 0 Å². The van der Waals surface area contributed by atoms with Crippen molar-refractivity contribution in [1.82, 2.24) is 19.9 Å². The van der Waals surface area contributed by atoms with Gasteiger partial charge in [0.05, 0.1) is 34.7 Å². The number of morpholine rings is 1. The second kappa shape index (κ2) is 8.89. The Hall–Kier alpha value is -1.85. The van der Waals surface area contributed by atoms with Crippen LogP contribution in [0.2, 0.25) is 0 Å². The van der Waals surface area contributed by atoms with Gasteiger partial charge < -0.3 is 10.1 Å². The number of hydrogen-bond acceptors (Lipinski definition) is 7. The number of thiophene rings is 1. The summed E-state index contributed by atoms with van der Waals surface area (Å²) in [6, 6.07) is 6.80. The fourth-order valence-electron chi connectivity index (χ4n) is 2.86. The molecule has 1 aliphatic heterocycles. The molecule has 146 valence electrons. The van der Waals surface area contributed by atoms with Crippen molar-refractivity contribution in [2.75, 3.05) is 39.9 Å². The number of carbonyl (C=O) groups is 1. The van der Waals surface area contributed by atoms with Crippen LogP contribution in [0.5, 0.6) is 0 Å². The molecule has 3 heterocycles. The highest BCUT2D eigenvalue weighted by Crippen LogP contribution is 2.22. The number of nitrogens with zero attached hydrogens (tertiary/aromatic N) is 2. The lowest BCUT2D eigenvalue weighted by Crippen LogP contribution is -2.44. The van der Waals surface area contributed by atoms with E-state index in [-0.39, 0.29) is 23.4 Å². The Labute approximate surface area is 162 Å². The predicted molar refractivity (Wildman–Crippen MR) is 102 cm³/mol. The molecule has 2 aromatic heterocycles. The number of nitrogens with one attached hydrogen (secondary N) is 2. The fourth-order valence-corrected chi connectivity index (χ4v) is 5.11. The van der Waals surface area contributed by atoms with Crippen LogP contribution in [0.4, 0.5) is 0 Å². The highest BCUT2D eigenvalue weighted by Gasteiger charge is 2.26. The normalized spacial score (nSPS) is 16.8. The Morgan fingerprint density at radius 1 is 1.37 bits per heavy atom. The van der Waals surface area contributed by atoms with E-state index in [1.165, 1.54) is 18.5 Å². The number of hydrogen-bond donors (Lipinski definition) is 2. The fraction of sp³-hybridized carbons (Fsp3) is 0.412. The lowest BCUT2D eigenvalue weighted by atomic mass is 10.1. The lowest BCUT2D eigenvalue weighted by Gasteiger charge is -2.34. The molecule has 0 aromatic carbocycles. The number of ether oxygens (including phenoxy) is 1.